The number of pyridine rings is 4. The van der Waals surface area contributed by atoms with Gasteiger partial charge in [0.1, 0.15) is 96.6 Å². The fourth-order valence-corrected chi connectivity index (χ4v) is 14.7. The van der Waals surface area contributed by atoms with Gasteiger partial charge >= 0.3 is 0 Å². The van der Waals surface area contributed by atoms with Gasteiger partial charge in [-0.05, 0) is 161 Å². The quantitative estimate of drug-likeness (QED) is 0.0442. The molecule has 0 atom stereocenters. The summed E-state index contributed by atoms with van der Waals surface area (Å²) in [7, 11) is 7.19. The Morgan fingerprint density at radius 1 is 0.331 bits per heavy atom. The molecule has 0 aliphatic heterocycles. The molecule has 29 heteroatoms. The lowest BCUT2D eigenvalue weighted by Gasteiger charge is -2.11. The average Bonchev–Trinajstić information content (AvgIpc) is 1.75. The van der Waals surface area contributed by atoms with E-state index >= 15 is 0 Å². The zero-order valence-corrected chi connectivity index (χ0v) is 76.1. The van der Waals surface area contributed by atoms with Gasteiger partial charge in [0.25, 0.3) is 0 Å². The van der Waals surface area contributed by atoms with Crippen molar-refractivity contribution in [3.63, 3.8) is 0 Å². The minimum Gasteiger partial charge on any atom is -0.456 e. The summed E-state index contributed by atoms with van der Waals surface area (Å²) in [6.07, 6.45) is 22.2. The molecule has 0 N–H and O–H groups in total. The van der Waals surface area contributed by atoms with E-state index in [4.69, 9.17) is 88.6 Å². The molecular weight excluding hydrogens is 1770 g/mol. The molecule has 130 heavy (non-hydrogen) atoms. The van der Waals surface area contributed by atoms with E-state index in [1.54, 1.807) is 169 Å². The molecule has 0 saturated heterocycles. The molecule has 0 spiro atoms. The van der Waals surface area contributed by atoms with Gasteiger partial charge < -0.3 is 18.9 Å². The van der Waals surface area contributed by atoms with Gasteiger partial charge in [-0.3, -0.25) is 57.8 Å². The van der Waals surface area contributed by atoms with Gasteiger partial charge in [-0.2, -0.15) is 25.7 Å². The summed E-state index contributed by atoms with van der Waals surface area (Å²) in [6, 6.07) is 57.2. The van der Waals surface area contributed by atoms with Crippen LogP contribution < -0.4 is 18.9 Å². The number of Topliss-reactive ketones (excluding diaryl/α,β-unsaturated/α-hetero) is 4. The number of carbonyl (C=O) groups is 4. The number of ether oxygens (including phenoxy) is 4. The molecule has 0 amide bonds. The van der Waals surface area contributed by atoms with Crippen LogP contribution in [0.2, 0.25) is 30.1 Å². The molecule has 21 nitrogen and oxygen atoms in total. The van der Waals surface area contributed by atoms with Crippen molar-refractivity contribution in [3.8, 4) is 97.1 Å². The first kappa shape index (κ1) is 93.8. The topological polar surface area (TPSA) is 252 Å². The number of hydrogen-bond donors (Lipinski definition) is 0. The van der Waals surface area contributed by atoms with E-state index in [1.807, 2.05) is 150 Å². The first-order valence-corrected chi connectivity index (χ1v) is 42.9. The second-order valence-electron chi connectivity index (χ2n) is 30.7. The molecule has 16 rings (SSSR count). The summed E-state index contributed by atoms with van der Waals surface area (Å²) >= 11 is 37.2. The Hall–Kier alpha value is -13.8. The maximum absolute atomic E-state index is 14.9. The fraction of sp³-hybridized carbons (Fsp3) is 0.158. The molecule has 0 aliphatic carbocycles. The third-order valence-electron chi connectivity index (χ3n) is 20.3. The van der Waals surface area contributed by atoms with Crippen LogP contribution in [-0.4, -0.2) is 82.2 Å². The second-order valence-corrected chi connectivity index (χ2v) is 33.1. The van der Waals surface area contributed by atoms with Gasteiger partial charge in [-0.15, -0.1) is 0 Å². The number of benzene rings is 8. The number of nitriles is 1. The SMILES string of the molecule is Cc1cc(CC(=O)Cc2ccc(Oc3ccnc(-c4cnn(C)c4)c3C#N)cc2)ccc1Cl.Cc1cc(CC(=O)Cc2ccc(Oc3ccnc(-c4cnn(C)c4)c3Cl)cc2)ccc1Cl.Cc1cc(CC(=O)Cc2ccc(Oc3ccnc(-c4cnn(C)c4)c3Cl)cc2F)ccc1Cl.Cc1cc(CC(=O)Cc2ccc(Oc3ccnc(-c4cnn(C)c4)c3F)cc2)ccc1Cl. The Balaban J connectivity index is 0.000000148. The second kappa shape index (κ2) is 43.8. The zero-order valence-electron chi connectivity index (χ0n) is 71.6. The Morgan fingerprint density at radius 3 is 0.946 bits per heavy atom. The lowest BCUT2D eigenvalue weighted by Crippen LogP contribution is -2.08. The predicted octanol–water partition coefficient (Wildman–Crippen LogP) is 23.8. The van der Waals surface area contributed by atoms with Crippen LogP contribution >= 0.6 is 69.6 Å². The van der Waals surface area contributed by atoms with Crippen molar-refractivity contribution < 1.29 is 46.9 Å². The van der Waals surface area contributed by atoms with Crippen molar-refractivity contribution >= 4 is 92.7 Å². The molecule has 0 unspecified atom stereocenters. The smallest absolute Gasteiger partial charge is 0.192 e. The molecular formula is C101H83Cl6F2N13O8. The summed E-state index contributed by atoms with van der Waals surface area (Å²) < 4.78 is 59.6. The van der Waals surface area contributed by atoms with Crippen LogP contribution in [0.15, 0.2) is 262 Å². The van der Waals surface area contributed by atoms with E-state index in [-0.39, 0.29) is 53.2 Å². The Labute approximate surface area is 779 Å². The highest BCUT2D eigenvalue weighted by molar-refractivity contribution is 6.35. The molecule has 0 fully saturated rings. The van der Waals surface area contributed by atoms with Crippen molar-refractivity contribution in [3.05, 3.63) is 377 Å². The summed E-state index contributed by atoms with van der Waals surface area (Å²) in [5.74, 6) is 2.43. The molecule has 0 saturated carbocycles. The Morgan fingerprint density at radius 2 is 0.608 bits per heavy atom. The molecule has 16 aromatic rings. The summed E-state index contributed by atoms with van der Waals surface area (Å²) in [5, 5.41) is 29.6. The molecule has 656 valence electrons. The number of nitrogens with zero attached hydrogens (tertiary/aromatic N) is 13. The third kappa shape index (κ3) is 25.6. The molecule has 0 bridgehead atoms. The zero-order chi connectivity index (χ0) is 92.2. The molecule has 0 radical (unpaired) electrons. The number of ketones is 4. The highest BCUT2D eigenvalue weighted by Gasteiger charge is 2.22. The van der Waals surface area contributed by atoms with E-state index < -0.39 is 11.6 Å². The highest BCUT2D eigenvalue weighted by Crippen LogP contribution is 2.40. The van der Waals surface area contributed by atoms with Gasteiger partial charge in [0, 0.05) is 202 Å². The van der Waals surface area contributed by atoms with Crippen molar-refractivity contribution in [1.29, 1.82) is 5.26 Å². The van der Waals surface area contributed by atoms with E-state index in [9.17, 15) is 33.2 Å². The van der Waals surface area contributed by atoms with E-state index in [0.717, 1.165) is 77.9 Å². The maximum atomic E-state index is 14.9. The lowest BCUT2D eigenvalue weighted by molar-refractivity contribution is -0.118. The number of carbonyl (C=O) groups excluding carboxylic acids is 4. The van der Waals surface area contributed by atoms with Gasteiger partial charge in [0.15, 0.2) is 11.6 Å². The maximum Gasteiger partial charge on any atom is 0.192 e. The number of aryl methyl sites for hydroxylation is 8. The Bertz CT molecular complexity index is 6660. The summed E-state index contributed by atoms with van der Waals surface area (Å²) in [6.45, 7) is 7.66. The minimum atomic E-state index is -0.557. The van der Waals surface area contributed by atoms with Crippen LogP contribution in [0.4, 0.5) is 8.78 Å². The van der Waals surface area contributed by atoms with Crippen LogP contribution in [0.5, 0.6) is 46.0 Å². The minimum absolute atomic E-state index is 0.0189. The van der Waals surface area contributed by atoms with Crippen LogP contribution in [-0.2, 0) is 98.7 Å². The molecule has 8 aromatic carbocycles. The highest BCUT2D eigenvalue weighted by atomic mass is 35.5. The van der Waals surface area contributed by atoms with Crippen LogP contribution in [0.25, 0.3) is 45.0 Å². The average molecular weight is 1860 g/mol. The number of rotatable bonds is 28. The van der Waals surface area contributed by atoms with Gasteiger partial charge in [-0.1, -0.05) is 161 Å². The number of halogens is 8. The normalized spacial score (nSPS) is 10.8. The summed E-state index contributed by atoms with van der Waals surface area (Å²) in [4.78, 5) is 66.9. The van der Waals surface area contributed by atoms with Crippen molar-refractivity contribution in [2.45, 2.75) is 79.1 Å². The van der Waals surface area contributed by atoms with Crippen LogP contribution in [0.1, 0.15) is 72.3 Å². The monoisotopic (exact) mass is 1850 g/mol. The Kier molecular flexibility index (Phi) is 31.6. The largest absolute Gasteiger partial charge is 0.456 e. The predicted molar refractivity (Wildman–Crippen MR) is 501 cm³/mol. The molecule has 8 aromatic heterocycles. The van der Waals surface area contributed by atoms with E-state index in [0.29, 0.717) is 137 Å². The lowest BCUT2D eigenvalue weighted by atomic mass is 10.0. The fourth-order valence-electron chi connectivity index (χ4n) is 13.7. The third-order valence-corrected chi connectivity index (χ3v) is 22.7. The van der Waals surface area contributed by atoms with E-state index in [1.165, 1.54) is 18.3 Å². The van der Waals surface area contributed by atoms with E-state index in [2.05, 4.69) is 46.4 Å². The molecule has 8 heterocycles. The van der Waals surface area contributed by atoms with Crippen LogP contribution in [0, 0.1) is 50.7 Å². The van der Waals surface area contributed by atoms with Crippen molar-refractivity contribution in [1.82, 2.24) is 59.1 Å². The van der Waals surface area contributed by atoms with Crippen molar-refractivity contribution in [2.75, 3.05) is 0 Å². The van der Waals surface area contributed by atoms with Crippen LogP contribution in [0.3, 0.4) is 0 Å². The summed E-state index contributed by atoms with van der Waals surface area (Å²) in [5.41, 5.74) is 15.5. The van der Waals surface area contributed by atoms with Crippen molar-refractivity contribution in [2.24, 2.45) is 28.2 Å². The first-order chi connectivity index (χ1) is 62.5. The van der Waals surface area contributed by atoms with Gasteiger partial charge in [0.2, 0.25) is 0 Å². The standard InChI is InChI=1S/C26H21ClN4O2.C25H20Cl2FN3O2.C25H21Cl2N3O2.C25H21ClFN3O2/c1-17-11-19(5-8-24(17)27)13-21(32)12-18-3-6-22(7-4-18)33-25-9-10-29-26(23(25)14-28)20-15-30-31(2)16-20;1-15-9-16(3-6-21(15)26)10-19(32)11-17-4-5-20(12-22(17)28)33-23-7-8-29-25(24(23)27)18-13-30-31(2)14-18;2*1-16-11-18(5-8-22(16)26)13-20(31)12-17-3-6-21(7-4-17)32-23-9-10-28-25(24(23)27)19-14-29-30(2)15-19/h3-11,15-16H,12-13H2,1-2H3;3-9,12-14H,10-11H2,1-2H3;2*3-11,14-15H,12-13H2,1-2H3. The van der Waals surface area contributed by atoms with Gasteiger partial charge in [0.05, 0.1) is 41.9 Å². The number of hydrogen-bond acceptors (Lipinski definition) is 17. The number of aromatic nitrogens is 12. The molecule has 0 aliphatic rings. The first-order valence-electron chi connectivity index (χ1n) is 40.6. The van der Waals surface area contributed by atoms with Gasteiger partial charge in [-0.25, -0.2) is 8.78 Å².